The number of benzene rings is 1. The van der Waals surface area contributed by atoms with Gasteiger partial charge in [-0.3, -0.25) is 4.79 Å². The second kappa shape index (κ2) is 6.96. The summed E-state index contributed by atoms with van der Waals surface area (Å²) in [4.78, 5) is 11.5. The highest BCUT2D eigenvalue weighted by Gasteiger charge is 2.15. The van der Waals surface area contributed by atoms with Crippen molar-refractivity contribution in [3.05, 3.63) is 23.3 Å². The fraction of sp³-hybridized carbons (Fsp3) is 0.462. The summed E-state index contributed by atoms with van der Waals surface area (Å²) in [5, 5.41) is 11.9. The first-order chi connectivity index (χ1) is 9.03. The van der Waals surface area contributed by atoms with E-state index in [1.165, 1.54) is 0 Å². The highest BCUT2D eigenvalue weighted by atomic mass is 16.5. The van der Waals surface area contributed by atoms with Crippen molar-refractivity contribution in [2.75, 3.05) is 20.8 Å². The van der Waals surface area contributed by atoms with Gasteiger partial charge in [0.2, 0.25) is 5.91 Å². The topological polar surface area (TPSA) is 93.8 Å². The van der Waals surface area contributed by atoms with Crippen molar-refractivity contribution >= 4 is 5.91 Å². The predicted octanol–water partition coefficient (Wildman–Crippen LogP) is -0.0520. The van der Waals surface area contributed by atoms with Crippen LogP contribution in [0.15, 0.2) is 12.1 Å². The number of aliphatic hydroxyl groups excluding tert-OH is 1. The number of carbonyl (C=O) groups excluding carboxylic acids is 1. The standard InChI is InChI=1S/C13H20N2O4/c1-8-4-9(18-2)5-12(19-3)10(8)7-15-13(17)11(16)6-14/h4-5,11,16H,6-7,14H2,1-3H3,(H,15,17). The van der Waals surface area contributed by atoms with Gasteiger partial charge in [-0.25, -0.2) is 0 Å². The zero-order valence-corrected chi connectivity index (χ0v) is 11.4. The number of aryl methyl sites for hydroxylation is 1. The molecule has 0 radical (unpaired) electrons. The molecule has 19 heavy (non-hydrogen) atoms. The minimum absolute atomic E-state index is 0.107. The number of nitrogens with one attached hydrogen (secondary N) is 1. The van der Waals surface area contributed by atoms with Gasteiger partial charge in [-0.2, -0.15) is 0 Å². The molecule has 0 saturated heterocycles. The molecule has 1 rings (SSSR count). The van der Waals surface area contributed by atoms with Gasteiger partial charge < -0.3 is 25.6 Å². The number of hydrogen-bond acceptors (Lipinski definition) is 5. The number of methoxy groups -OCH3 is 2. The van der Waals surface area contributed by atoms with Crippen LogP contribution in [0.3, 0.4) is 0 Å². The van der Waals surface area contributed by atoms with Gasteiger partial charge in [-0.1, -0.05) is 0 Å². The fourth-order valence-electron chi connectivity index (χ4n) is 1.68. The van der Waals surface area contributed by atoms with Crippen molar-refractivity contribution in [3.8, 4) is 11.5 Å². The van der Waals surface area contributed by atoms with Gasteiger partial charge in [0, 0.05) is 24.7 Å². The summed E-state index contributed by atoms with van der Waals surface area (Å²) in [5.41, 5.74) is 6.98. The minimum Gasteiger partial charge on any atom is -0.497 e. The molecule has 0 bridgehead atoms. The Morgan fingerprint density at radius 1 is 1.42 bits per heavy atom. The molecule has 0 saturated carbocycles. The minimum atomic E-state index is -1.19. The third-order valence-corrected chi connectivity index (χ3v) is 2.83. The Bertz CT molecular complexity index is 449. The summed E-state index contributed by atoms with van der Waals surface area (Å²) in [6, 6.07) is 3.59. The summed E-state index contributed by atoms with van der Waals surface area (Å²) >= 11 is 0. The Balaban J connectivity index is 2.86. The third kappa shape index (κ3) is 3.84. The monoisotopic (exact) mass is 268 g/mol. The van der Waals surface area contributed by atoms with E-state index in [0.717, 1.165) is 11.1 Å². The maximum atomic E-state index is 11.5. The van der Waals surface area contributed by atoms with Crippen LogP contribution in [-0.4, -0.2) is 37.9 Å². The zero-order chi connectivity index (χ0) is 14.4. The number of amides is 1. The Morgan fingerprint density at radius 3 is 2.63 bits per heavy atom. The second-order valence-electron chi connectivity index (χ2n) is 4.09. The van der Waals surface area contributed by atoms with E-state index in [2.05, 4.69) is 5.32 Å². The summed E-state index contributed by atoms with van der Waals surface area (Å²) in [7, 11) is 3.13. The molecule has 1 atom stereocenters. The van der Waals surface area contributed by atoms with Crippen LogP contribution in [-0.2, 0) is 11.3 Å². The van der Waals surface area contributed by atoms with Gasteiger partial charge in [0.1, 0.15) is 17.6 Å². The van der Waals surface area contributed by atoms with E-state index in [1.807, 2.05) is 13.0 Å². The molecule has 1 aromatic rings. The van der Waals surface area contributed by atoms with Crippen molar-refractivity contribution in [1.82, 2.24) is 5.32 Å². The Labute approximate surface area is 112 Å². The van der Waals surface area contributed by atoms with E-state index in [4.69, 9.17) is 15.2 Å². The molecular formula is C13H20N2O4. The number of ether oxygens (including phenoxy) is 2. The predicted molar refractivity (Wildman–Crippen MR) is 71.2 cm³/mol. The summed E-state index contributed by atoms with van der Waals surface area (Å²) < 4.78 is 10.4. The summed E-state index contributed by atoms with van der Waals surface area (Å²) in [5.74, 6) is 0.811. The lowest BCUT2D eigenvalue weighted by atomic mass is 10.1. The van der Waals surface area contributed by atoms with Gasteiger partial charge in [0.15, 0.2) is 0 Å². The van der Waals surface area contributed by atoms with Crippen molar-refractivity contribution in [3.63, 3.8) is 0 Å². The normalized spacial score (nSPS) is 11.8. The number of nitrogens with two attached hydrogens (primary N) is 1. The smallest absolute Gasteiger partial charge is 0.250 e. The molecule has 1 unspecified atom stereocenters. The zero-order valence-electron chi connectivity index (χ0n) is 11.4. The van der Waals surface area contributed by atoms with Gasteiger partial charge >= 0.3 is 0 Å². The Kier molecular flexibility index (Phi) is 5.59. The van der Waals surface area contributed by atoms with Crippen molar-refractivity contribution in [2.45, 2.75) is 19.6 Å². The number of carbonyl (C=O) groups is 1. The van der Waals surface area contributed by atoms with E-state index in [9.17, 15) is 9.90 Å². The van der Waals surface area contributed by atoms with Crippen LogP contribution in [0.4, 0.5) is 0 Å². The molecule has 1 amide bonds. The van der Waals surface area contributed by atoms with E-state index in [0.29, 0.717) is 11.5 Å². The average molecular weight is 268 g/mol. The molecule has 0 aliphatic rings. The fourth-order valence-corrected chi connectivity index (χ4v) is 1.68. The number of aliphatic hydroxyl groups is 1. The van der Waals surface area contributed by atoms with Gasteiger partial charge in [-0.05, 0) is 18.6 Å². The highest BCUT2D eigenvalue weighted by molar-refractivity contribution is 5.80. The Hall–Kier alpha value is -1.79. The lowest BCUT2D eigenvalue weighted by molar-refractivity contribution is -0.128. The molecule has 106 valence electrons. The molecule has 0 fully saturated rings. The second-order valence-corrected chi connectivity index (χ2v) is 4.09. The highest BCUT2D eigenvalue weighted by Crippen LogP contribution is 2.28. The summed E-state index contributed by atoms with van der Waals surface area (Å²) in [6.45, 7) is 2.05. The molecule has 0 spiro atoms. The molecule has 1 aromatic carbocycles. The first-order valence-corrected chi connectivity index (χ1v) is 5.90. The van der Waals surface area contributed by atoms with Crippen LogP contribution in [0.1, 0.15) is 11.1 Å². The molecule has 6 nitrogen and oxygen atoms in total. The van der Waals surface area contributed by atoms with Crippen LogP contribution in [0.2, 0.25) is 0 Å². The van der Waals surface area contributed by atoms with Crippen LogP contribution in [0.5, 0.6) is 11.5 Å². The molecule has 0 aromatic heterocycles. The first kappa shape index (κ1) is 15.3. The molecular weight excluding hydrogens is 248 g/mol. The SMILES string of the molecule is COc1cc(C)c(CNC(=O)C(O)CN)c(OC)c1. The maximum absolute atomic E-state index is 11.5. The van der Waals surface area contributed by atoms with Gasteiger partial charge in [0.05, 0.1) is 14.2 Å². The van der Waals surface area contributed by atoms with Crippen LogP contribution in [0.25, 0.3) is 0 Å². The average Bonchev–Trinajstić information content (AvgIpc) is 2.43. The van der Waals surface area contributed by atoms with Crippen LogP contribution in [0, 0.1) is 6.92 Å². The van der Waals surface area contributed by atoms with Gasteiger partial charge in [-0.15, -0.1) is 0 Å². The molecule has 0 aliphatic heterocycles. The largest absolute Gasteiger partial charge is 0.497 e. The van der Waals surface area contributed by atoms with Crippen molar-refractivity contribution in [1.29, 1.82) is 0 Å². The van der Waals surface area contributed by atoms with E-state index in [-0.39, 0.29) is 13.1 Å². The summed E-state index contributed by atoms with van der Waals surface area (Å²) in [6.07, 6.45) is -1.19. The number of hydrogen-bond donors (Lipinski definition) is 3. The van der Waals surface area contributed by atoms with E-state index in [1.54, 1.807) is 20.3 Å². The maximum Gasteiger partial charge on any atom is 0.250 e. The van der Waals surface area contributed by atoms with Crippen molar-refractivity contribution < 1.29 is 19.4 Å². The lowest BCUT2D eigenvalue weighted by Crippen LogP contribution is -2.38. The van der Waals surface area contributed by atoms with Crippen LogP contribution >= 0.6 is 0 Å². The van der Waals surface area contributed by atoms with Gasteiger partial charge in [0.25, 0.3) is 0 Å². The first-order valence-electron chi connectivity index (χ1n) is 5.90. The third-order valence-electron chi connectivity index (χ3n) is 2.83. The van der Waals surface area contributed by atoms with E-state index >= 15 is 0 Å². The molecule has 0 heterocycles. The number of rotatable bonds is 6. The quantitative estimate of drug-likeness (QED) is 0.672. The molecule has 6 heteroatoms. The van der Waals surface area contributed by atoms with Crippen molar-refractivity contribution in [2.24, 2.45) is 5.73 Å². The van der Waals surface area contributed by atoms with Crippen LogP contribution < -0.4 is 20.5 Å². The molecule has 4 N–H and O–H groups in total. The van der Waals surface area contributed by atoms with E-state index < -0.39 is 12.0 Å². The molecule has 0 aliphatic carbocycles. The Morgan fingerprint density at radius 2 is 2.11 bits per heavy atom. The lowest BCUT2D eigenvalue weighted by Gasteiger charge is -2.15.